The fraction of sp³-hybridized carbons (Fsp3) is 0.200. The van der Waals surface area contributed by atoms with Gasteiger partial charge in [-0.15, -0.1) is 21.5 Å². The van der Waals surface area contributed by atoms with Crippen molar-refractivity contribution >= 4 is 17.1 Å². The molecule has 142 valence electrons. The Hall–Kier alpha value is -3.13. The van der Waals surface area contributed by atoms with Crippen LogP contribution in [0.4, 0.5) is 4.39 Å². The molecule has 1 aromatic carbocycles. The van der Waals surface area contributed by atoms with Crippen LogP contribution in [-0.2, 0) is 13.1 Å². The molecule has 0 atom stereocenters. The Kier molecular flexibility index (Phi) is 4.87. The number of halogens is 1. The number of rotatable bonds is 6. The Morgan fingerprint density at radius 1 is 1.18 bits per heavy atom. The molecular formula is C20H18FN5OS. The van der Waals surface area contributed by atoms with Gasteiger partial charge in [0.25, 0.3) is 0 Å². The van der Waals surface area contributed by atoms with Crippen molar-refractivity contribution in [3.63, 3.8) is 0 Å². The molecule has 0 bridgehead atoms. The molecule has 0 amide bonds. The lowest BCUT2D eigenvalue weighted by Crippen LogP contribution is -2.14. The quantitative estimate of drug-likeness (QED) is 0.465. The monoisotopic (exact) mass is 395 g/mol. The Bertz CT molecular complexity index is 1130. The number of hydrogen-bond acceptors (Lipinski definition) is 5. The topological polar surface area (TPSA) is 65.6 Å². The molecule has 0 N–H and O–H groups in total. The summed E-state index contributed by atoms with van der Waals surface area (Å²) < 4.78 is 15.5. The average Bonchev–Trinajstić information content (AvgIpc) is 3.40. The smallest absolute Gasteiger partial charge is 0.205 e. The first kappa shape index (κ1) is 18.2. The summed E-state index contributed by atoms with van der Waals surface area (Å²) in [6.07, 6.45) is 0. The van der Waals surface area contributed by atoms with E-state index in [1.165, 1.54) is 21.8 Å². The summed E-state index contributed by atoms with van der Waals surface area (Å²) in [4.78, 5) is 15.3. The highest BCUT2D eigenvalue weighted by atomic mass is 32.1. The van der Waals surface area contributed by atoms with Crippen LogP contribution in [0, 0.1) is 19.7 Å². The SMILES string of the molecule is Cc1cc(C(=O)Cn2nnc(-c3cccc(F)c3)n2)c(C)n1Cc1cccs1. The molecular weight excluding hydrogens is 377 g/mol. The van der Waals surface area contributed by atoms with Gasteiger partial charge in [-0.05, 0) is 48.7 Å². The maximum absolute atomic E-state index is 13.4. The van der Waals surface area contributed by atoms with E-state index in [1.807, 2.05) is 31.4 Å². The molecule has 0 aliphatic heterocycles. The van der Waals surface area contributed by atoms with Crippen molar-refractivity contribution in [2.75, 3.05) is 0 Å². The normalized spacial score (nSPS) is 11.1. The summed E-state index contributed by atoms with van der Waals surface area (Å²) in [5.41, 5.74) is 3.12. The molecule has 4 rings (SSSR count). The van der Waals surface area contributed by atoms with Gasteiger partial charge in [0.15, 0.2) is 5.78 Å². The average molecular weight is 395 g/mol. The molecule has 3 aromatic heterocycles. The lowest BCUT2D eigenvalue weighted by molar-refractivity contribution is 0.0960. The highest BCUT2D eigenvalue weighted by molar-refractivity contribution is 7.09. The number of Topliss-reactive ketones (excluding diaryl/α,β-unsaturated/α-hetero) is 1. The largest absolute Gasteiger partial charge is 0.343 e. The summed E-state index contributed by atoms with van der Waals surface area (Å²) in [6.45, 7) is 4.66. The van der Waals surface area contributed by atoms with E-state index in [0.717, 1.165) is 17.9 Å². The standard InChI is InChI=1S/C20H18FN5OS/c1-13-9-18(14(2)25(13)11-17-7-4-8-28-17)19(27)12-26-23-20(22-24-26)15-5-3-6-16(21)10-15/h3-10H,11-12H2,1-2H3. The van der Waals surface area contributed by atoms with Crippen molar-refractivity contribution in [1.82, 2.24) is 24.8 Å². The van der Waals surface area contributed by atoms with Crippen LogP contribution in [0.1, 0.15) is 26.6 Å². The van der Waals surface area contributed by atoms with E-state index >= 15 is 0 Å². The van der Waals surface area contributed by atoms with Gasteiger partial charge in [-0.2, -0.15) is 4.80 Å². The summed E-state index contributed by atoms with van der Waals surface area (Å²) in [5, 5.41) is 14.1. The second kappa shape index (κ2) is 7.47. The summed E-state index contributed by atoms with van der Waals surface area (Å²) in [5.74, 6) is -0.174. The van der Waals surface area contributed by atoms with E-state index in [0.29, 0.717) is 11.1 Å². The van der Waals surface area contributed by atoms with Crippen LogP contribution in [0.5, 0.6) is 0 Å². The lowest BCUT2D eigenvalue weighted by Gasteiger charge is -2.08. The predicted molar refractivity (Wildman–Crippen MR) is 105 cm³/mol. The van der Waals surface area contributed by atoms with Crippen LogP contribution in [-0.4, -0.2) is 30.6 Å². The molecule has 0 spiro atoms. The van der Waals surface area contributed by atoms with Crippen molar-refractivity contribution in [3.8, 4) is 11.4 Å². The molecule has 0 radical (unpaired) electrons. The zero-order valence-electron chi connectivity index (χ0n) is 15.5. The molecule has 6 nitrogen and oxygen atoms in total. The zero-order valence-corrected chi connectivity index (χ0v) is 16.3. The third kappa shape index (κ3) is 3.63. The molecule has 0 unspecified atom stereocenters. The third-order valence-corrected chi connectivity index (χ3v) is 5.45. The van der Waals surface area contributed by atoms with Gasteiger partial charge in [0.05, 0.1) is 6.54 Å². The fourth-order valence-corrected chi connectivity index (χ4v) is 3.84. The molecule has 8 heteroatoms. The van der Waals surface area contributed by atoms with E-state index < -0.39 is 0 Å². The minimum Gasteiger partial charge on any atom is -0.343 e. The van der Waals surface area contributed by atoms with Crippen LogP contribution in [0.3, 0.4) is 0 Å². The van der Waals surface area contributed by atoms with E-state index in [-0.39, 0.29) is 24.0 Å². The maximum atomic E-state index is 13.4. The highest BCUT2D eigenvalue weighted by Gasteiger charge is 2.18. The minimum atomic E-state index is -0.372. The highest BCUT2D eigenvalue weighted by Crippen LogP contribution is 2.20. The van der Waals surface area contributed by atoms with E-state index in [2.05, 4.69) is 26.0 Å². The first-order chi connectivity index (χ1) is 13.5. The number of aryl methyl sites for hydroxylation is 1. The molecule has 28 heavy (non-hydrogen) atoms. The summed E-state index contributed by atoms with van der Waals surface area (Å²) in [7, 11) is 0. The van der Waals surface area contributed by atoms with Gasteiger partial charge < -0.3 is 4.57 Å². The summed E-state index contributed by atoms with van der Waals surface area (Å²) >= 11 is 1.69. The molecule has 0 aliphatic rings. The maximum Gasteiger partial charge on any atom is 0.205 e. The predicted octanol–water partition coefficient (Wildman–Crippen LogP) is 3.89. The molecule has 0 saturated carbocycles. The number of tetrazole rings is 1. The first-order valence-electron chi connectivity index (χ1n) is 8.77. The molecule has 4 aromatic rings. The number of thiophene rings is 1. The molecule has 0 fully saturated rings. The van der Waals surface area contributed by atoms with Crippen molar-refractivity contribution < 1.29 is 9.18 Å². The van der Waals surface area contributed by atoms with Crippen LogP contribution in [0.25, 0.3) is 11.4 Å². The van der Waals surface area contributed by atoms with Crippen molar-refractivity contribution in [1.29, 1.82) is 0 Å². The van der Waals surface area contributed by atoms with Crippen LogP contribution < -0.4 is 0 Å². The number of aromatic nitrogens is 5. The molecule has 0 aliphatic carbocycles. The second-order valence-electron chi connectivity index (χ2n) is 6.53. The number of hydrogen-bond donors (Lipinski definition) is 0. The van der Waals surface area contributed by atoms with Gasteiger partial charge in [0, 0.05) is 27.4 Å². The van der Waals surface area contributed by atoms with Crippen LogP contribution in [0.2, 0.25) is 0 Å². The number of benzene rings is 1. The van der Waals surface area contributed by atoms with Gasteiger partial charge in [0.1, 0.15) is 12.4 Å². The second-order valence-corrected chi connectivity index (χ2v) is 7.56. The third-order valence-electron chi connectivity index (χ3n) is 4.59. The van der Waals surface area contributed by atoms with Gasteiger partial charge >= 0.3 is 0 Å². The lowest BCUT2D eigenvalue weighted by atomic mass is 10.1. The zero-order chi connectivity index (χ0) is 19.7. The fourth-order valence-electron chi connectivity index (χ4n) is 3.15. The van der Waals surface area contributed by atoms with E-state index in [4.69, 9.17) is 0 Å². The van der Waals surface area contributed by atoms with Gasteiger partial charge in [-0.3, -0.25) is 4.79 Å². The van der Waals surface area contributed by atoms with Crippen LogP contribution >= 0.6 is 11.3 Å². The van der Waals surface area contributed by atoms with Crippen LogP contribution in [0.15, 0.2) is 47.8 Å². The Morgan fingerprint density at radius 2 is 2.04 bits per heavy atom. The minimum absolute atomic E-state index is 0.0222. The van der Waals surface area contributed by atoms with Crippen molar-refractivity contribution in [3.05, 3.63) is 75.5 Å². The molecule has 0 saturated heterocycles. The molecule has 3 heterocycles. The number of nitrogens with zero attached hydrogens (tertiary/aromatic N) is 5. The van der Waals surface area contributed by atoms with Crippen molar-refractivity contribution in [2.45, 2.75) is 26.9 Å². The Balaban J connectivity index is 1.53. The van der Waals surface area contributed by atoms with Crippen molar-refractivity contribution in [2.24, 2.45) is 0 Å². The van der Waals surface area contributed by atoms with Gasteiger partial charge in [-0.1, -0.05) is 18.2 Å². The van der Waals surface area contributed by atoms with E-state index in [9.17, 15) is 9.18 Å². The summed E-state index contributed by atoms with van der Waals surface area (Å²) in [6, 6.07) is 12.0. The van der Waals surface area contributed by atoms with E-state index in [1.54, 1.807) is 23.5 Å². The first-order valence-corrected chi connectivity index (χ1v) is 9.65. The van der Waals surface area contributed by atoms with Gasteiger partial charge in [-0.25, -0.2) is 4.39 Å². The Labute approximate surface area is 165 Å². The number of ketones is 1. The number of carbonyl (C=O) groups excluding carboxylic acids is 1. The number of carbonyl (C=O) groups is 1. The Morgan fingerprint density at radius 3 is 2.79 bits per heavy atom. The van der Waals surface area contributed by atoms with Gasteiger partial charge in [0.2, 0.25) is 5.82 Å².